The third-order valence-corrected chi connectivity index (χ3v) is 5.24. The number of nitrogens with zero attached hydrogens (tertiary/aromatic N) is 2. The normalized spacial score (nSPS) is 14.9. The van der Waals surface area contributed by atoms with Gasteiger partial charge < -0.3 is 14.5 Å². The van der Waals surface area contributed by atoms with Gasteiger partial charge in [0.15, 0.2) is 0 Å². The fraction of sp³-hybridized carbons (Fsp3) is 0.261. The fourth-order valence-electron chi connectivity index (χ4n) is 3.75. The summed E-state index contributed by atoms with van der Waals surface area (Å²) in [5.41, 5.74) is 1.97. The van der Waals surface area contributed by atoms with Crippen LogP contribution in [-0.2, 0) is 0 Å². The summed E-state index contributed by atoms with van der Waals surface area (Å²) in [6.07, 6.45) is 0.961. The predicted octanol–water partition coefficient (Wildman–Crippen LogP) is 4.20. The minimum atomic E-state index is 0.128. The number of ether oxygens (including phenoxy) is 1. The third-order valence-electron chi connectivity index (χ3n) is 5.24. The molecule has 1 saturated heterocycles. The van der Waals surface area contributed by atoms with E-state index in [1.165, 1.54) is 5.69 Å². The number of amides is 1. The standard InChI is InChI=1S/C23H24N2O2/c1-27-20-12-10-19(11-13-20)24-14-5-15-25(17-16-24)23(26)22-9-4-7-18-6-2-3-8-21(18)22/h2-4,6-13H,5,14-17H2,1H3. The van der Waals surface area contributed by atoms with E-state index < -0.39 is 0 Å². The molecule has 0 bridgehead atoms. The van der Waals surface area contributed by atoms with Gasteiger partial charge in [-0.3, -0.25) is 4.79 Å². The first-order chi connectivity index (χ1) is 13.3. The SMILES string of the molecule is COc1ccc(N2CCCN(C(=O)c3cccc4ccccc34)CC2)cc1. The van der Waals surface area contributed by atoms with Crippen LogP contribution in [0.15, 0.2) is 66.7 Å². The average Bonchev–Trinajstić information content (AvgIpc) is 2.99. The van der Waals surface area contributed by atoms with Gasteiger partial charge in [0.25, 0.3) is 5.91 Å². The number of rotatable bonds is 3. The van der Waals surface area contributed by atoms with Gasteiger partial charge in [0.05, 0.1) is 7.11 Å². The molecule has 1 fully saturated rings. The van der Waals surface area contributed by atoms with Gasteiger partial charge in [0, 0.05) is 37.4 Å². The van der Waals surface area contributed by atoms with Crippen LogP contribution >= 0.6 is 0 Å². The highest BCUT2D eigenvalue weighted by molar-refractivity contribution is 6.07. The van der Waals surface area contributed by atoms with Crippen LogP contribution < -0.4 is 9.64 Å². The lowest BCUT2D eigenvalue weighted by atomic mass is 10.0. The zero-order chi connectivity index (χ0) is 18.6. The molecule has 3 aromatic carbocycles. The molecule has 1 aliphatic heterocycles. The van der Waals surface area contributed by atoms with E-state index in [9.17, 15) is 4.79 Å². The number of carbonyl (C=O) groups excluding carboxylic acids is 1. The van der Waals surface area contributed by atoms with E-state index >= 15 is 0 Å². The van der Waals surface area contributed by atoms with E-state index in [2.05, 4.69) is 29.2 Å². The van der Waals surface area contributed by atoms with Crippen molar-refractivity contribution in [2.24, 2.45) is 0 Å². The summed E-state index contributed by atoms with van der Waals surface area (Å²) >= 11 is 0. The summed E-state index contributed by atoms with van der Waals surface area (Å²) in [4.78, 5) is 17.5. The molecule has 0 radical (unpaired) electrons. The quantitative estimate of drug-likeness (QED) is 0.702. The van der Waals surface area contributed by atoms with Crippen molar-refractivity contribution in [2.75, 3.05) is 38.2 Å². The summed E-state index contributed by atoms with van der Waals surface area (Å²) in [6.45, 7) is 3.30. The summed E-state index contributed by atoms with van der Waals surface area (Å²) in [5.74, 6) is 0.990. The molecule has 27 heavy (non-hydrogen) atoms. The number of benzene rings is 3. The van der Waals surface area contributed by atoms with Crippen molar-refractivity contribution in [1.29, 1.82) is 0 Å². The molecule has 0 unspecified atom stereocenters. The number of anilines is 1. The fourth-order valence-corrected chi connectivity index (χ4v) is 3.75. The van der Waals surface area contributed by atoms with Crippen LogP contribution in [0.25, 0.3) is 10.8 Å². The maximum atomic E-state index is 13.2. The molecule has 4 heteroatoms. The Kier molecular flexibility index (Phi) is 4.97. The molecule has 1 amide bonds. The number of hydrogen-bond donors (Lipinski definition) is 0. The lowest BCUT2D eigenvalue weighted by Gasteiger charge is -2.24. The van der Waals surface area contributed by atoms with Crippen molar-refractivity contribution in [3.63, 3.8) is 0 Å². The molecule has 1 aliphatic rings. The lowest BCUT2D eigenvalue weighted by molar-refractivity contribution is 0.0769. The molecule has 0 spiro atoms. The first kappa shape index (κ1) is 17.4. The molecule has 0 N–H and O–H groups in total. The smallest absolute Gasteiger partial charge is 0.254 e. The van der Waals surface area contributed by atoms with Crippen LogP contribution in [0.1, 0.15) is 16.8 Å². The number of hydrogen-bond acceptors (Lipinski definition) is 3. The van der Waals surface area contributed by atoms with Crippen molar-refractivity contribution in [3.05, 3.63) is 72.3 Å². The Balaban J connectivity index is 1.51. The van der Waals surface area contributed by atoms with Crippen LogP contribution in [0, 0.1) is 0 Å². The van der Waals surface area contributed by atoms with Crippen LogP contribution in [0.4, 0.5) is 5.69 Å². The van der Waals surface area contributed by atoms with Gasteiger partial charge in [-0.1, -0.05) is 36.4 Å². The van der Waals surface area contributed by atoms with Crippen molar-refractivity contribution < 1.29 is 9.53 Å². The van der Waals surface area contributed by atoms with Gasteiger partial charge in [-0.15, -0.1) is 0 Å². The van der Waals surface area contributed by atoms with E-state index in [4.69, 9.17) is 4.74 Å². The van der Waals surface area contributed by atoms with Crippen molar-refractivity contribution >= 4 is 22.4 Å². The number of methoxy groups -OCH3 is 1. The zero-order valence-electron chi connectivity index (χ0n) is 15.6. The van der Waals surface area contributed by atoms with Gasteiger partial charge >= 0.3 is 0 Å². The Morgan fingerprint density at radius 2 is 1.63 bits per heavy atom. The van der Waals surface area contributed by atoms with Gasteiger partial charge in [0.2, 0.25) is 0 Å². The Morgan fingerprint density at radius 1 is 0.852 bits per heavy atom. The third kappa shape index (κ3) is 3.61. The van der Waals surface area contributed by atoms with Crippen molar-refractivity contribution in [1.82, 2.24) is 4.90 Å². The van der Waals surface area contributed by atoms with Gasteiger partial charge in [0.1, 0.15) is 5.75 Å². The highest BCUT2D eigenvalue weighted by Crippen LogP contribution is 2.23. The maximum Gasteiger partial charge on any atom is 0.254 e. The molecule has 1 heterocycles. The van der Waals surface area contributed by atoms with Gasteiger partial charge in [-0.05, 0) is 47.5 Å². The van der Waals surface area contributed by atoms with Crippen LogP contribution in [-0.4, -0.2) is 44.1 Å². The maximum absolute atomic E-state index is 13.2. The number of carbonyl (C=O) groups is 1. The number of fused-ring (bicyclic) bond motifs is 1. The second-order valence-electron chi connectivity index (χ2n) is 6.86. The molecular weight excluding hydrogens is 336 g/mol. The summed E-state index contributed by atoms with van der Waals surface area (Å²) in [6, 6.07) is 22.2. The van der Waals surface area contributed by atoms with E-state index in [1.54, 1.807) is 7.11 Å². The second kappa shape index (κ2) is 7.70. The van der Waals surface area contributed by atoms with Crippen LogP contribution in [0.5, 0.6) is 5.75 Å². The molecule has 3 aromatic rings. The molecule has 4 rings (SSSR count). The topological polar surface area (TPSA) is 32.8 Å². The Morgan fingerprint density at radius 3 is 2.44 bits per heavy atom. The minimum Gasteiger partial charge on any atom is -0.497 e. The summed E-state index contributed by atoms with van der Waals surface area (Å²) in [5, 5.41) is 2.14. The highest BCUT2D eigenvalue weighted by Gasteiger charge is 2.21. The Bertz CT molecular complexity index is 931. The predicted molar refractivity (Wildman–Crippen MR) is 110 cm³/mol. The van der Waals surface area contributed by atoms with E-state index in [0.29, 0.717) is 0 Å². The molecule has 0 saturated carbocycles. The molecule has 138 valence electrons. The van der Waals surface area contributed by atoms with Crippen LogP contribution in [0.3, 0.4) is 0 Å². The highest BCUT2D eigenvalue weighted by atomic mass is 16.5. The zero-order valence-corrected chi connectivity index (χ0v) is 15.6. The minimum absolute atomic E-state index is 0.128. The molecule has 0 atom stereocenters. The first-order valence-electron chi connectivity index (χ1n) is 9.42. The molecule has 4 nitrogen and oxygen atoms in total. The second-order valence-corrected chi connectivity index (χ2v) is 6.86. The van der Waals surface area contributed by atoms with E-state index in [1.807, 2.05) is 47.4 Å². The van der Waals surface area contributed by atoms with Gasteiger partial charge in [-0.25, -0.2) is 0 Å². The summed E-state index contributed by atoms with van der Waals surface area (Å²) < 4.78 is 5.24. The first-order valence-corrected chi connectivity index (χ1v) is 9.42. The Hall–Kier alpha value is -3.01. The van der Waals surface area contributed by atoms with Crippen LogP contribution in [0.2, 0.25) is 0 Å². The molecule has 0 aliphatic carbocycles. The monoisotopic (exact) mass is 360 g/mol. The van der Waals surface area contributed by atoms with Crippen molar-refractivity contribution in [2.45, 2.75) is 6.42 Å². The lowest BCUT2D eigenvalue weighted by Crippen LogP contribution is -2.35. The van der Waals surface area contributed by atoms with Gasteiger partial charge in [-0.2, -0.15) is 0 Å². The summed E-state index contributed by atoms with van der Waals surface area (Å²) in [7, 11) is 1.68. The molecule has 0 aromatic heterocycles. The average molecular weight is 360 g/mol. The molecular formula is C23H24N2O2. The largest absolute Gasteiger partial charge is 0.497 e. The van der Waals surface area contributed by atoms with E-state index in [-0.39, 0.29) is 5.91 Å². The van der Waals surface area contributed by atoms with Crippen molar-refractivity contribution in [3.8, 4) is 5.75 Å². The Labute approximate surface area is 160 Å². The van der Waals surface area contributed by atoms with E-state index in [0.717, 1.165) is 54.7 Å².